The molecule has 1 fully saturated rings. The quantitative estimate of drug-likeness (QED) is 0.760. The summed E-state index contributed by atoms with van der Waals surface area (Å²) in [5.74, 6) is -0.0905. The van der Waals surface area contributed by atoms with Crippen LogP contribution in [0.2, 0.25) is 0 Å². The lowest BCUT2D eigenvalue weighted by Gasteiger charge is -2.40. The van der Waals surface area contributed by atoms with Crippen LogP contribution in [0.25, 0.3) is 11.3 Å². The highest BCUT2D eigenvalue weighted by atomic mass is 32.1. The van der Waals surface area contributed by atoms with E-state index in [4.69, 9.17) is 5.26 Å². The molecule has 29 heavy (non-hydrogen) atoms. The van der Waals surface area contributed by atoms with E-state index in [0.717, 1.165) is 22.8 Å². The van der Waals surface area contributed by atoms with E-state index >= 15 is 0 Å². The van der Waals surface area contributed by atoms with Crippen LogP contribution in [-0.2, 0) is 4.79 Å². The summed E-state index contributed by atoms with van der Waals surface area (Å²) >= 11 is 1.50. The molecule has 0 spiro atoms. The summed E-state index contributed by atoms with van der Waals surface area (Å²) in [7, 11) is 0. The van der Waals surface area contributed by atoms with Gasteiger partial charge < -0.3 is 10.2 Å². The molecule has 3 rings (SSSR count). The molecule has 2 N–H and O–H groups in total. The lowest BCUT2D eigenvalue weighted by atomic mass is 9.99. The van der Waals surface area contributed by atoms with Gasteiger partial charge in [-0.25, -0.2) is 4.98 Å². The standard InChI is InChI=1S/C21H24N6OS/c1-15(28)27-10-4-9-21(27,13-23)26-20(2,3)14-24-19-25-18(12-29-19)17-7-5-16(11-22)6-8-17/h5-8,12,26H,4,9-10,14H2,1-3H3,(H,24,25). The molecular weight excluding hydrogens is 384 g/mol. The number of hydrogen-bond donors (Lipinski definition) is 2. The van der Waals surface area contributed by atoms with Crippen molar-refractivity contribution < 1.29 is 4.79 Å². The second-order valence-corrected chi connectivity index (χ2v) is 8.69. The number of anilines is 1. The molecule has 0 bridgehead atoms. The molecule has 0 radical (unpaired) electrons. The van der Waals surface area contributed by atoms with Crippen molar-refractivity contribution in [1.82, 2.24) is 15.2 Å². The Morgan fingerprint density at radius 3 is 2.69 bits per heavy atom. The average Bonchev–Trinajstić information content (AvgIpc) is 3.34. The van der Waals surface area contributed by atoms with E-state index < -0.39 is 11.2 Å². The molecule has 0 saturated carbocycles. The molecule has 8 heteroatoms. The number of carbonyl (C=O) groups is 1. The number of hydrogen-bond acceptors (Lipinski definition) is 7. The molecule has 1 amide bonds. The fourth-order valence-corrected chi connectivity index (χ4v) is 4.34. The summed E-state index contributed by atoms with van der Waals surface area (Å²) in [5.41, 5.74) is 1.02. The molecule has 2 heterocycles. The van der Waals surface area contributed by atoms with Gasteiger partial charge in [0.15, 0.2) is 10.8 Å². The van der Waals surface area contributed by atoms with Gasteiger partial charge in [0.2, 0.25) is 5.91 Å². The number of benzene rings is 1. The van der Waals surface area contributed by atoms with E-state index in [1.165, 1.54) is 18.3 Å². The van der Waals surface area contributed by atoms with E-state index in [1.54, 1.807) is 17.0 Å². The summed E-state index contributed by atoms with van der Waals surface area (Å²) in [6.07, 6.45) is 1.43. The molecule has 150 valence electrons. The third-order valence-corrected chi connectivity index (χ3v) is 5.79. The zero-order valence-corrected chi connectivity index (χ0v) is 17.6. The normalized spacial score (nSPS) is 18.9. The maximum atomic E-state index is 12.0. The predicted octanol–water partition coefficient (Wildman–Crippen LogP) is 3.32. The Bertz CT molecular complexity index is 968. The van der Waals surface area contributed by atoms with Crippen LogP contribution in [0.3, 0.4) is 0 Å². The first kappa shape index (κ1) is 20.8. The Morgan fingerprint density at radius 1 is 1.34 bits per heavy atom. The van der Waals surface area contributed by atoms with Crippen LogP contribution < -0.4 is 10.6 Å². The van der Waals surface area contributed by atoms with Gasteiger partial charge >= 0.3 is 0 Å². The largest absolute Gasteiger partial charge is 0.360 e. The van der Waals surface area contributed by atoms with Crippen molar-refractivity contribution in [2.24, 2.45) is 0 Å². The summed E-state index contributed by atoms with van der Waals surface area (Å²) in [5, 5.41) is 28.2. The number of nitrogens with one attached hydrogen (secondary N) is 2. The fraction of sp³-hybridized carbons (Fsp3) is 0.429. The number of rotatable bonds is 6. The minimum absolute atomic E-state index is 0.0905. The third kappa shape index (κ3) is 4.56. The van der Waals surface area contributed by atoms with E-state index in [1.807, 2.05) is 31.4 Å². The van der Waals surface area contributed by atoms with Gasteiger partial charge in [0.1, 0.15) is 6.07 Å². The Kier molecular flexibility index (Phi) is 5.88. The Hall–Kier alpha value is -2.94. The number of aromatic nitrogens is 1. The van der Waals surface area contributed by atoms with Gasteiger partial charge in [-0.1, -0.05) is 12.1 Å². The average molecular weight is 409 g/mol. The molecule has 7 nitrogen and oxygen atoms in total. The number of amides is 1. The predicted molar refractivity (Wildman–Crippen MR) is 113 cm³/mol. The van der Waals surface area contributed by atoms with Gasteiger partial charge in [0.25, 0.3) is 0 Å². The van der Waals surface area contributed by atoms with E-state index in [-0.39, 0.29) is 5.91 Å². The van der Waals surface area contributed by atoms with Crippen molar-refractivity contribution in [3.8, 4) is 23.4 Å². The zero-order chi connectivity index (χ0) is 21.1. The smallest absolute Gasteiger partial charge is 0.221 e. The van der Waals surface area contributed by atoms with E-state index in [2.05, 4.69) is 27.8 Å². The van der Waals surface area contributed by atoms with Crippen LogP contribution in [0.5, 0.6) is 0 Å². The lowest BCUT2D eigenvalue weighted by molar-refractivity contribution is -0.132. The van der Waals surface area contributed by atoms with Crippen LogP contribution in [0, 0.1) is 22.7 Å². The number of nitrogens with zero attached hydrogens (tertiary/aromatic N) is 4. The highest BCUT2D eigenvalue weighted by Gasteiger charge is 2.45. The van der Waals surface area contributed by atoms with Crippen molar-refractivity contribution in [2.45, 2.75) is 44.8 Å². The molecule has 2 aromatic rings. The first-order valence-electron chi connectivity index (χ1n) is 9.47. The van der Waals surface area contributed by atoms with Gasteiger partial charge in [-0.15, -0.1) is 11.3 Å². The van der Waals surface area contributed by atoms with Crippen LogP contribution in [-0.4, -0.2) is 40.1 Å². The lowest BCUT2D eigenvalue weighted by Crippen LogP contribution is -2.63. The first-order chi connectivity index (χ1) is 13.8. The SMILES string of the molecule is CC(=O)N1CCCC1(C#N)NC(C)(C)CNc1nc(-c2ccc(C#N)cc2)cs1. The van der Waals surface area contributed by atoms with Crippen LogP contribution in [0.4, 0.5) is 5.13 Å². The maximum Gasteiger partial charge on any atom is 0.221 e. The molecule has 0 aliphatic carbocycles. The fourth-order valence-electron chi connectivity index (χ4n) is 3.62. The highest BCUT2D eigenvalue weighted by molar-refractivity contribution is 7.14. The van der Waals surface area contributed by atoms with Crippen molar-refractivity contribution in [3.63, 3.8) is 0 Å². The maximum absolute atomic E-state index is 12.0. The van der Waals surface area contributed by atoms with Crippen LogP contribution >= 0.6 is 11.3 Å². The van der Waals surface area contributed by atoms with Crippen molar-refractivity contribution in [1.29, 1.82) is 10.5 Å². The topological polar surface area (TPSA) is 105 Å². The van der Waals surface area contributed by atoms with Crippen molar-refractivity contribution >= 4 is 22.4 Å². The second-order valence-electron chi connectivity index (χ2n) is 7.84. The Balaban J connectivity index is 1.66. The zero-order valence-electron chi connectivity index (χ0n) is 16.8. The summed E-state index contributed by atoms with van der Waals surface area (Å²) in [4.78, 5) is 18.2. The van der Waals surface area contributed by atoms with Crippen LogP contribution in [0.15, 0.2) is 29.6 Å². The molecule has 1 aromatic carbocycles. The van der Waals surface area contributed by atoms with Gasteiger partial charge in [-0.3, -0.25) is 10.1 Å². The summed E-state index contributed by atoms with van der Waals surface area (Å²) in [6, 6.07) is 11.8. The van der Waals surface area contributed by atoms with E-state index in [9.17, 15) is 10.1 Å². The minimum Gasteiger partial charge on any atom is -0.360 e. The van der Waals surface area contributed by atoms with Gasteiger partial charge in [-0.2, -0.15) is 10.5 Å². The minimum atomic E-state index is -0.965. The molecule has 1 atom stereocenters. The number of likely N-dealkylation sites (tertiary alicyclic amines) is 1. The molecule has 1 unspecified atom stereocenters. The van der Waals surface area contributed by atoms with Gasteiger partial charge in [0, 0.05) is 36.5 Å². The first-order valence-corrected chi connectivity index (χ1v) is 10.4. The number of carbonyl (C=O) groups excluding carboxylic acids is 1. The molecule has 1 saturated heterocycles. The Labute approximate surface area is 175 Å². The second kappa shape index (κ2) is 8.20. The number of thiazole rings is 1. The summed E-state index contributed by atoms with van der Waals surface area (Å²) in [6.45, 7) is 6.66. The van der Waals surface area contributed by atoms with Crippen LogP contribution in [0.1, 0.15) is 39.2 Å². The summed E-state index contributed by atoms with van der Waals surface area (Å²) < 4.78 is 0. The van der Waals surface area contributed by atoms with Crippen molar-refractivity contribution in [3.05, 3.63) is 35.2 Å². The Morgan fingerprint density at radius 2 is 2.07 bits per heavy atom. The molecular formula is C21H24N6OS. The molecule has 1 aliphatic rings. The van der Waals surface area contributed by atoms with E-state index in [0.29, 0.717) is 25.1 Å². The number of nitriles is 2. The third-order valence-electron chi connectivity index (χ3n) is 4.99. The van der Waals surface area contributed by atoms with Gasteiger partial charge in [0.05, 0.1) is 17.3 Å². The van der Waals surface area contributed by atoms with Crippen molar-refractivity contribution in [2.75, 3.05) is 18.4 Å². The van der Waals surface area contributed by atoms with Gasteiger partial charge in [-0.05, 0) is 38.8 Å². The molecule has 1 aromatic heterocycles. The molecule has 1 aliphatic heterocycles. The monoisotopic (exact) mass is 408 g/mol. The highest BCUT2D eigenvalue weighted by Crippen LogP contribution is 2.30.